The lowest BCUT2D eigenvalue weighted by Crippen LogP contribution is -2.43. The van der Waals surface area contributed by atoms with Gasteiger partial charge in [0, 0.05) is 31.2 Å². The van der Waals surface area contributed by atoms with E-state index in [2.05, 4.69) is 10.3 Å². The van der Waals surface area contributed by atoms with Gasteiger partial charge in [-0.25, -0.2) is 9.18 Å². The molecular weight excluding hydrogens is 425 g/mol. The number of nitrogens with one attached hydrogen (secondary N) is 2. The average Bonchev–Trinajstić information content (AvgIpc) is 3.08. The van der Waals surface area contributed by atoms with Gasteiger partial charge in [0.05, 0.1) is 11.7 Å². The molecule has 0 saturated carbocycles. The van der Waals surface area contributed by atoms with Crippen molar-refractivity contribution in [2.24, 2.45) is 5.92 Å². The first-order valence-electron chi connectivity index (χ1n) is 11.4. The standard InChI is InChI=1S/C25H32FN3O4/c1-15(2)33-25(32)21-16(3)22(28-17(21)4)24(31)29-13-10-19(11-14-29)23(30)27-12-9-18-7-5-6-8-20(18)26/h5-8,15,19,28H,9-14H2,1-4H3,(H,27,30). The summed E-state index contributed by atoms with van der Waals surface area (Å²) in [7, 11) is 0. The van der Waals surface area contributed by atoms with Crippen LogP contribution in [0.5, 0.6) is 0 Å². The van der Waals surface area contributed by atoms with E-state index < -0.39 is 5.97 Å². The normalized spacial score (nSPS) is 14.4. The number of aryl methyl sites for hydroxylation is 1. The number of rotatable bonds is 7. The van der Waals surface area contributed by atoms with Crippen LogP contribution in [0.15, 0.2) is 24.3 Å². The molecule has 1 aromatic heterocycles. The maximum absolute atomic E-state index is 13.7. The van der Waals surface area contributed by atoms with E-state index >= 15 is 0 Å². The smallest absolute Gasteiger partial charge is 0.340 e. The minimum atomic E-state index is -0.443. The molecule has 33 heavy (non-hydrogen) atoms. The zero-order valence-corrected chi connectivity index (χ0v) is 19.7. The number of aromatic amines is 1. The van der Waals surface area contributed by atoms with Crippen molar-refractivity contribution < 1.29 is 23.5 Å². The van der Waals surface area contributed by atoms with Gasteiger partial charge in [0.2, 0.25) is 5.91 Å². The Balaban J connectivity index is 1.53. The van der Waals surface area contributed by atoms with Crippen LogP contribution in [0.4, 0.5) is 4.39 Å². The quantitative estimate of drug-likeness (QED) is 0.622. The summed E-state index contributed by atoms with van der Waals surface area (Å²) in [5, 5.41) is 2.89. The number of likely N-dealkylation sites (tertiary alicyclic amines) is 1. The largest absolute Gasteiger partial charge is 0.459 e. The highest BCUT2D eigenvalue weighted by molar-refractivity contribution is 6.00. The molecule has 3 rings (SSSR count). The lowest BCUT2D eigenvalue weighted by Gasteiger charge is -2.31. The second-order valence-corrected chi connectivity index (χ2v) is 8.78. The molecule has 1 aliphatic rings. The van der Waals surface area contributed by atoms with Crippen molar-refractivity contribution >= 4 is 17.8 Å². The summed E-state index contributed by atoms with van der Waals surface area (Å²) in [6.45, 7) is 8.32. The van der Waals surface area contributed by atoms with Crippen molar-refractivity contribution in [2.75, 3.05) is 19.6 Å². The fourth-order valence-corrected chi connectivity index (χ4v) is 4.21. The van der Waals surface area contributed by atoms with Crippen molar-refractivity contribution in [2.45, 2.75) is 53.1 Å². The molecule has 7 nitrogen and oxygen atoms in total. The van der Waals surface area contributed by atoms with E-state index in [1.807, 2.05) is 0 Å². The van der Waals surface area contributed by atoms with Crippen LogP contribution < -0.4 is 5.32 Å². The van der Waals surface area contributed by atoms with Crippen molar-refractivity contribution in [3.05, 3.63) is 58.2 Å². The van der Waals surface area contributed by atoms with Gasteiger partial charge in [-0.05, 0) is 64.2 Å². The third kappa shape index (κ3) is 5.80. The minimum absolute atomic E-state index is 0.0657. The molecule has 0 radical (unpaired) electrons. The van der Waals surface area contributed by atoms with Gasteiger partial charge in [-0.15, -0.1) is 0 Å². The maximum atomic E-state index is 13.7. The van der Waals surface area contributed by atoms with E-state index in [1.54, 1.807) is 50.8 Å². The van der Waals surface area contributed by atoms with Gasteiger partial charge in [-0.1, -0.05) is 18.2 Å². The number of carbonyl (C=O) groups is 3. The predicted octanol–water partition coefficient (Wildman–Crippen LogP) is 3.55. The molecule has 1 aromatic carbocycles. The van der Waals surface area contributed by atoms with E-state index in [4.69, 9.17) is 4.74 Å². The number of hydrogen-bond acceptors (Lipinski definition) is 4. The van der Waals surface area contributed by atoms with Gasteiger partial charge >= 0.3 is 5.97 Å². The SMILES string of the molecule is Cc1[nH]c(C(=O)N2CCC(C(=O)NCCc3ccccc3F)CC2)c(C)c1C(=O)OC(C)C. The van der Waals surface area contributed by atoms with Gasteiger partial charge in [0.1, 0.15) is 11.5 Å². The lowest BCUT2D eigenvalue weighted by atomic mass is 9.95. The first-order chi connectivity index (χ1) is 15.7. The second-order valence-electron chi connectivity index (χ2n) is 8.78. The summed E-state index contributed by atoms with van der Waals surface area (Å²) < 4.78 is 19.0. The molecule has 0 aliphatic carbocycles. The predicted molar refractivity (Wildman–Crippen MR) is 123 cm³/mol. The van der Waals surface area contributed by atoms with Crippen molar-refractivity contribution in [1.82, 2.24) is 15.2 Å². The molecule has 0 bridgehead atoms. The third-order valence-electron chi connectivity index (χ3n) is 6.00. The summed E-state index contributed by atoms with van der Waals surface area (Å²) in [5.41, 5.74) is 2.54. The number of hydrogen-bond donors (Lipinski definition) is 2. The first-order valence-corrected chi connectivity index (χ1v) is 11.4. The van der Waals surface area contributed by atoms with Crippen LogP contribution >= 0.6 is 0 Å². The number of aromatic nitrogens is 1. The number of halogens is 1. The molecular formula is C25H32FN3O4. The molecule has 1 saturated heterocycles. The van der Waals surface area contributed by atoms with Crippen LogP contribution in [0, 0.1) is 25.6 Å². The fourth-order valence-electron chi connectivity index (χ4n) is 4.21. The van der Waals surface area contributed by atoms with E-state index in [0.29, 0.717) is 67.0 Å². The van der Waals surface area contributed by atoms with E-state index in [-0.39, 0.29) is 29.7 Å². The van der Waals surface area contributed by atoms with E-state index in [9.17, 15) is 18.8 Å². The molecule has 0 spiro atoms. The summed E-state index contributed by atoms with van der Waals surface area (Å²) in [4.78, 5) is 42.7. The Kier molecular flexibility index (Phi) is 7.89. The zero-order chi connectivity index (χ0) is 24.1. The Morgan fingerprint density at radius 3 is 2.48 bits per heavy atom. The molecule has 0 atom stereocenters. The van der Waals surface area contributed by atoms with Gasteiger partial charge < -0.3 is 19.9 Å². The number of piperidine rings is 1. The number of esters is 1. The Morgan fingerprint density at radius 2 is 1.85 bits per heavy atom. The fraction of sp³-hybridized carbons (Fsp3) is 0.480. The maximum Gasteiger partial charge on any atom is 0.340 e. The number of H-pyrrole nitrogens is 1. The molecule has 178 valence electrons. The molecule has 2 aromatic rings. The molecule has 1 aliphatic heterocycles. The van der Waals surface area contributed by atoms with Crippen LogP contribution in [0.3, 0.4) is 0 Å². The van der Waals surface area contributed by atoms with Crippen LogP contribution in [0.1, 0.15) is 64.4 Å². The van der Waals surface area contributed by atoms with Crippen LogP contribution in [-0.2, 0) is 16.0 Å². The number of benzene rings is 1. The summed E-state index contributed by atoms with van der Waals surface area (Å²) >= 11 is 0. The number of ether oxygens (including phenoxy) is 1. The van der Waals surface area contributed by atoms with Gasteiger partial charge in [-0.3, -0.25) is 9.59 Å². The highest BCUT2D eigenvalue weighted by Crippen LogP contribution is 2.24. The molecule has 0 unspecified atom stereocenters. The topological polar surface area (TPSA) is 91.5 Å². The zero-order valence-electron chi connectivity index (χ0n) is 19.7. The summed E-state index contributed by atoms with van der Waals surface area (Å²) in [6, 6.07) is 6.54. The van der Waals surface area contributed by atoms with Gasteiger partial charge in [0.25, 0.3) is 5.91 Å². The van der Waals surface area contributed by atoms with E-state index in [0.717, 1.165) is 0 Å². The molecule has 2 amide bonds. The Hall–Kier alpha value is -3.16. The number of carbonyl (C=O) groups excluding carboxylic acids is 3. The van der Waals surface area contributed by atoms with E-state index in [1.165, 1.54) is 6.07 Å². The average molecular weight is 458 g/mol. The van der Waals surface area contributed by atoms with Crippen molar-refractivity contribution in [3.8, 4) is 0 Å². The molecule has 1 fully saturated rings. The molecule has 8 heteroatoms. The van der Waals surface area contributed by atoms with Gasteiger partial charge in [-0.2, -0.15) is 0 Å². The Morgan fingerprint density at radius 1 is 1.18 bits per heavy atom. The number of amides is 2. The molecule has 2 heterocycles. The summed E-state index contributed by atoms with van der Waals surface area (Å²) in [5.74, 6) is -1.14. The van der Waals surface area contributed by atoms with Crippen molar-refractivity contribution in [1.29, 1.82) is 0 Å². The van der Waals surface area contributed by atoms with Crippen LogP contribution in [0.2, 0.25) is 0 Å². The highest BCUT2D eigenvalue weighted by Gasteiger charge is 2.31. The molecule has 2 N–H and O–H groups in total. The lowest BCUT2D eigenvalue weighted by molar-refractivity contribution is -0.126. The third-order valence-corrected chi connectivity index (χ3v) is 6.00. The van der Waals surface area contributed by atoms with Crippen LogP contribution in [-0.4, -0.2) is 53.4 Å². The first kappa shape index (κ1) is 24.5. The van der Waals surface area contributed by atoms with Crippen molar-refractivity contribution in [3.63, 3.8) is 0 Å². The minimum Gasteiger partial charge on any atom is -0.459 e. The monoisotopic (exact) mass is 457 g/mol. The van der Waals surface area contributed by atoms with Gasteiger partial charge in [0.15, 0.2) is 0 Å². The van der Waals surface area contributed by atoms with Crippen LogP contribution in [0.25, 0.3) is 0 Å². The summed E-state index contributed by atoms with van der Waals surface area (Å²) in [6.07, 6.45) is 1.29. The Bertz CT molecular complexity index is 1020. The highest BCUT2D eigenvalue weighted by atomic mass is 19.1. The Labute approximate surface area is 193 Å². The second kappa shape index (κ2) is 10.6. The number of nitrogens with zero attached hydrogens (tertiary/aromatic N) is 1.